The lowest BCUT2D eigenvalue weighted by atomic mass is 9.53. The third-order valence-corrected chi connectivity index (χ3v) is 5.85. The monoisotopic (exact) mass is 371 g/mol. The van der Waals surface area contributed by atoms with Crippen LogP contribution in [0.2, 0.25) is 0 Å². The molecule has 0 saturated heterocycles. The smallest absolute Gasteiger partial charge is 0.407 e. The van der Waals surface area contributed by atoms with Gasteiger partial charge in [0.05, 0.1) is 46.2 Å². The van der Waals surface area contributed by atoms with Crippen molar-refractivity contribution in [2.24, 2.45) is 17.8 Å². The molecule has 0 radical (unpaired) electrons. The SMILES string of the molecule is O=C(NC12CC3CC(CC(C3)C1)C2)OCCOCCOCCOCCO. The maximum Gasteiger partial charge on any atom is 0.407 e. The first-order valence-electron chi connectivity index (χ1n) is 9.98. The molecule has 7 nitrogen and oxygen atoms in total. The molecule has 4 rings (SSSR count). The van der Waals surface area contributed by atoms with Gasteiger partial charge in [0.15, 0.2) is 0 Å². The highest BCUT2D eigenvalue weighted by Crippen LogP contribution is 2.55. The molecule has 4 saturated carbocycles. The lowest BCUT2D eigenvalue weighted by molar-refractivity contribution is -0.0224. The highest BCUT2D eigenvalue weighted by molar-refractivity contribution is 5.68. The fraction of sp³-hybridized carbons (Fsp3) is 0.947. The Kier molecular flexibility index (Phi) is 7.54. The van der Waals surface area contributed by atoms with E-state index in [1.54, 1.807) is 0 Å². The number of aliphatic hydroxyl groups is 1. The Morgan fingerprint density at radius 2 is 1.27 bits per heavy atom. The molecule has 4 bridgehead atoms. The van der Waals surface area contributed by atoms with Crippen LogP contribution in [0, 0.1) is 17.8 Å². The number of nitrogens with one attached hydrogen (secondary N) is 1. The number of hydrogen-bond donors (Lipinski definition) is 2. The molecule has 0 unspecified atom stereocenters. The first-order valence-corrected chi connectivity index (χ1v) is 9.98. The Bertz CT molecular complexity index is 408. The van der Waals surface area contributed by atoms with E-state index in [4.69, 9.17) is 24.1 Å². The van der Waals surface area contributed by atoms with E-state index in [2.05, 4.69) is 5.32 Å². The van der Waals surface area contributed by atoms with E-state index in [0.29, 0.717) is 39.6 Å². The Hall–Kier alpha value is -0.890. The van der Waals surface area contributed by atoms with Gasteiger partial charge in [-0.25, -0.2) is 4.79 Å². The summed E-state index contributed by atoms with van der Waals surface area (Å²) >= 11 is 0. The van der Waals surface area contributed by atoms with E-state index in [0.717, 1.165) is 37.0 Å². The normalized spacial score (nSPS) is 32.0. The number of alkyl carbamates (subject to hydrolysis) is 1. The van der Waals surface area contributed by atoms with Crippen molar-refractivity contribution >= 4 is 6.09 Å². The molecule has 150 valence electrons. The maximum atomic E-state index is 12.1. The van der Waals surface area contributed by atoms with Gasteiger partial charge in [0.1, 0.15) is 6.61 Å². The first kappa shape index (κ1) is 19.9. The average molecular weight is 371 g/mol. The number of hydrogen-bond acceptors (Lipinski definition) is 6. The largest absolute Gasteiger partial charge is 0.447 e. The standard InChI is InChI=1S/C19H33NO6/c21-1-2-23-3-4-24-5-6-25-7-8-26-18(22)20-19-12-15-9-16(13-19)11-17(10-15)14-19/h15-17,21H,1-14H2,(H,20,22). The zero-order chi connectivity index (χ0) is 18.2. The number of rotatable bonds is 12. The van der Waals surface area contributed by atoms with Crippen molar-refractivity contribution in [3.8, 4) is 0 Å². The van der Waals surface area contributed by atoms with Gasteiger partial charge >= 0.3 is 6.09 Å². The highest BCUT2D eigenvalue weighted by atomic mass is 16.6. The second kappa shape index (κ2) is 9.88. The summed E-state index contributed by atoms with van der Waals surface area (Å²) in [5, 5.41) is 11.7. The third-order valence-electron chi connectivity index (χ3n) is 5.85. The maximum absolute atomic E-state index is 12.1. The number of ether oxygens (including phenoxy) is 4. The molecule has 0 aliphatic heterocycles. The Morgan fingerprint density at radius 1 is 0.808 bits per heavy atom. The van der Waals surface area contributed by atoms with Crippen LogP contribution in [0.1, 0.15) is 38.5 Å². The van der Waals surface area contributed by atoms with E-state index < -0.39 is 0 Å². The second-order valence-electron chi connectivity index (χ2n) is 8.02. The molecule has 0 atom stereocenters. The lowest BCUT2D eigenvalue weighted by Crippen LogP contribution is -2.59. The van der Waals surface area contributed by atoms with Crippen LogP contribution in [-0.4, -0.2) is 69.6 Å². The summed E-state index contributed by atoms with van der Waals surface area (Å²) < 4.78 is 21.1. The molecule has 0 aromatic heterocycles. The van der Waals surface area contributed by atoms with Crippen molar-refractivity contribution in [3.05, 3.63) is 0 Å². The zero-order valence-electron chi connectivity index (χ0n) is 15.6. The molecule has 2 N–H and O–H groups in total. The van der Waals surface area contributed by atoms with Crippen LogP contribution in [0.3, 0.4) is 0 Å². The van der Waals surface area contributed by atoms with E-state index >= 15 is 0 Å². The minimum Gasteiger partial charge on any atom is -0.447 e. The van der Waals surface area contributed by atoms with Crippen LogP contribution in [0.5, 0.6) is 0 Å². The first-order chi connectivity index (χ1) is 12.7. The highest BCUT2D eigenvalue weighted by Gasteiger charge is 2.51. The second-order valence-corrected chi connectivity index (χ2v) is 8.02. The van der Waals surface area contributed by atoms with Crippen molar-refractivity contribution in [2.75, 3.05) is 52.9 Å². The molecule has 0 spiro atoms. The van der Waals surface area contributed by atoms with Crippen molar-refractivity contribution < 1.29 is 28.8 Å². The minimum atomic E-state index is -0.298. The fourth-order valence-electron chi connectivity index (χ4n) is 5.32. The van der Waals surface area contributed by atoms with E-state index in [1.807, 2.05) is 0 Å². The molecule has 7 heteroatoms. The van der Waals surface area contributed by atoms with Crippen LogP contribution < -0.4 is 5.32 Å². The molecule has 4 aliphatic carbocycles. The molecule has 4 aliphatic rings. The Morgan fingerprint density at radius 3 is 1.77 bits per heavy atom. The van der Waals surface area contributed by atoms with Gasteiger partial charge in [0.2, 0.25) is 0 Å². The predicted octanol–water partition coefficient (Wildman–Crippen LogP) is 1.72. The number of carbonyl (C=O) groups is 1. The van der Waals surface area contributed by atoms with Gasteiger partial charge in [-0.2, -0.15) is 0 Å². The van der Waals surface area contributed by atoms with Crippen LogP contribution in [-0.2, 0) is 18.9 Å². The molecule has 4 fully saturated rings. The summed E-state index contributed by atoms with van der Waals surface area (Å²) in [7, 11) is 0. The number of aliphatic hydroxyl groups excluding tert-OH is 1. The topological polar surface area (TPSA) is 86.3 Å². The summed E-state index contributed by atoms with van der Waals surface area (Å²) in [5.41, 5.74) is -0.00136. The van der Waals surface area contributed by atoms with Crippen molar-refractivity contribution in [1.29, 1.82) is 0 Å². The molecular weight excluding hydrogens is 338 g/mol. The third kappa shape index (κ3) is 5.81. The predicted molar refractivity (Wildman–Crippen MR) is 94.9 cm³/mol. The van der Waals surface area contributed by atoms with Gasteiger partial charge in [0.25, 0.3) is 0 Å². The lowest BCUT2D eigenvalue weighted by Gasteiger charge is -2.56. The van der Waals surface area contributed by atoms with Gasteiger partial charge < -0.3 is 29.4 Å². The van der Waals surface area contributed by atoms with Crippen molar-refractivity contribution in [1.82, 2.24) is 5.32 Å². The fourth-order valence-corrected chi connectivity index (χ4v) is 5.32. The molecular formula is C19H33NO6. The van der Waals surface area contributed by atoms with E-state index in [1.165, 1.54) is 19.3 Å². The van der Waals surface area contributed by atoms with Gasteiger partial charge in [-0.15, -0.1) is 0 Å². The quantitative estimate of drug-likeness (QED) is 0.508. The van der Waals surface area contributed by atoms with Crippen LogP contribution in [0.4, 0.5) is 4.79 Å². The van der Waals surface area contributed by atoms with Crippen LogP contribution >= 0.6 is 0 Å². The molecule has 0 heterocycles. The van der Waals surface area contributed by atoms with Gasteiger partial charge in [-0.1, -0.05) is 0 Å². The van der Waals surface area contributed by atoms with Crippen LogP contribution in [0.15, 0.2) is 0 Å². The van der Waals surface area contributed by atoms with Crippen molar-refractivity contribution in [3.63, 3.8) is 0 Å². The summed E-state index contributed by atoms with van der Waals surface area (Å²) in [4.78, 5) is 12.1. The molecule has 1 amide bonds. The summed E-state index contributed by atoms with van der Waals surface area (Å²) in [6.45, 7) is 2.88. The zero-order valence-corrected chi connectivity index (χ0v) is 15.6. The van der Waals surface area contributed by atoms with E-state index in [9.17, 15) is 4.79 Å². The van der Waals surface area contributed by atoms with Crippen LogP contribution in [0.25, 0.3) is 0 Å². The average Bonchev–Trinajstić information content (AvgIpc) is 2.58. The van der Waals surface area contributed by atoms with Gasteiger partial charge in [0, 0.05) is 5.54 Å². The van der Waals surface area contributed by atoms with Gasteiger partial charge in [-0.05, 0) is 56.3 Å². The number of amides is 1. The van der Waals surface area contributed by atoms with E-state index in [-0.39, 0.29) is 24.8 Å². The summed E-state index contributed by atoms with van der Waals surface area (Å²) in [5.74, 6) is 2.41. The molecule has 0 aromatic carbocycles. The summed E-state index contributed by atoms with van der Waals surface area (Å²) in [6.07, 6.45) is 7.17. The molecule has 0 aromatic rings. The minimum absolute atomic E-state index is 0.00136. The molecule has 26 heavy (non-hydrogen) atoms. The number of carbonyl (C=O) groups excluding carboxylic acids is 1. The Labute approximate surface area is 155 Å². The summed E-state index contributed by atoms with van der Waals surface area (Å²) in [6, 6.07) is 0. The van der Waals surface area contributed by atoms with Crippen molar-refractivity contribution in [2.45, 2.75) is 44.1 Å². The Balaban J connectivity index is 1.19. The van der Waals surface area contributed by atoms with Gasteiger partial charge in [-0.3, -0.25) is 0 Å².